The number of carbonyl (C=O) groups is 2. The van der Waals surface area contributed by atoms with Crippen LogP contribution in [0.25, 0.3) is 10.9 Å². The molecular formula is C18H25ClN4O2. The van der Waals surface area contributed by atoms with Crippen LogP contribution >= 0.6 is 12.4 Å². The molecule has 1 saturated carbocycles. The Balaban J connectivity index is 0.00000225. The van der Waals surface area contributed by atoms with E-state index in [0.717, 1.165) is 42.1 Å². The van der Waals surface area contributed by atoms with Gasteiger partial charge in [0.15, 0.2) is 0 Å². The second-order valence-electron chi connectivity index (χ2n) is 6.63. The molecule has 7 heteroatoms. The molecular weight excluding hydrogens is 340 g/mol. The lowest BCUT2D eigenvalue weighted by atomic mass is 9.85. The number of rotatable bonds is 5. The van der Waals surface area contributed by atoms with Crippen LogP contribution < -0.4 is 16.8 Å². The second-order valence-corrected chi connectivity index (χ2v) is 6.63. The number of aromatic nitrogens is 1. The van der Waals surface area contributed by atoms with Gasteiger partial charge in [0.05, 0.1) is 6.04 Å². The minimum absolute atomic E-state index is 0. The molecule has 6 N–H and O–H groups in total. The molecule has 0 aliphatic heterocycles. The molecule has 0 saturated heterocycles. The molecule has 0 radical (unpaired) electrons. The third kappa shape index (κ3) is 4.52. The van der Waals surface area contributed by atoms with Gasteiger partial charge < -0.3 is 21.8 Å². The molecule has 2 aromatic rings. The van der Waals surface area contributed by atoms with Crippen LogP contribution in [0.2, 0.25) is 0 Å². The van der Waals surface area contributed by atoms with E-state index in [9.17, 15) is 9.59 Å². The minimum atomic E-state index is -0.585. The first-order valence-corrected chi connectivity index (χ1v) is 8.45. The first kappa shape index (κ1) is 19.3. The summed E-state index contributed by atoms with van der Waals surface area (Å²) in [6.45, 7) is 0. The van der Waals surface area contributed by atoms with Crippen molar-refractivity contribution in [1.29, 1.82) is 0 Å². The van der Waals surface area contributed by atoms with Crippen LogP contribution in [0.3, 0.4) is 0 Å². The van der Waals surface area contributed by atoms with E-state index in [-0.39, 0.29) is 36.2 Å². The summed E-state index contributed by atoms with van der Waals surface area (Å²) < 4.78 is 0. The molecule has 3 rings (SSSR count). The van der Waals surface area contributed by atoms with E-state index in [1.165, 1.54) is 0 Å². The highest BCUT2D eigenvalue weighted by molar-refractivity contribution is 5.86. The van der Waals surface area contributed by atoms with E-state index < -0.39 is 6.04 Å². The molecule has 1 fully saturated rings. The Morgan fingerprint density at radius 3 is 2.56 bits per heavy atom. The Hall–Kier alpha value is -2.05. The van der Waals surface area contributed by atoms with Crippen molar-refractivity contribution in [3.8, 4) is 0 Å². The van der Waals surface area contributed by atoms with Gasteiger partial charge in [-0.3, -0.25) is 9.59 Å². The maximum Gasteiger partial charge on any atom is 0.237 e. The number of hydrogen-bond acceptors (Lipinski definition) is 3. The quantitative estimate of drug-likeness (QED) is 0.646. The summed E-state index contributed by atoms with van der Waals surface area (Å²) >= 11 is 0. The Kier molecular flexibility index (Phi) is 6.45. The van der Waals surface area contributed by atoms with Gasteiger partial charge >= 0.3 is 0 Å². The number of H-pyrrole nitrogens is 1. The monoisotopic (exact) mass is 364 g/mol. The molecule has 1 aromatic heterocycles. The zero-order valence-corrected chi connectivity index (χ0v) is 14.9. The predicted molar refractivity (Wildman–Crippen MR) is 100 cm³/mol. The summed E-state index contributed by atoms with van der Waals surface area (Å²) in [6, 6.07) is 7.47. The molecule has 1 heterocycles. The van der Waals surface area contributed by atoms with Gasteiger partial charge in [0.25, 0.3) is 0 Å². The van der Waals surface area contributed by atoms with Crippen molar-refractivity contribution in [2.45, 2.75) is 44.2 Å². The van der Waals surface area contributed by atoms with Gasteiger partial charge in [-0.25, -0.2) is 0 Å². The molecule has 136 valence electrons. The van der Waals surface area contributed by atoms with Crippen LogP contribution in [-0.4, -0.2) is 28.9 Å². The molecule has 0 unspecified atom stereocenters. The van der Waals surface area contributed by atoms with Gasteiger partial charge in [0.2, 0.25) is 11.8 Å². The average Bonchev–Trinajstić information content (AvgIpc) is 2.98. The van der Waals surface area contributed by atoms with E-state index in [4.69, 9.17) is 11.5 Å². The fourth-order valence-corrected chi connectivity index (χ4v) is 3.46. The van der Waals surface area contributed by atoms with E-state index in [1.807, 2.05) is 30.5 Å². The van der Waals surface area contributed by atoms with Crippen LogP contribution in [0, 0.1) is 5.92 Å². The Bertz CT molecular complexity index is 738. The van der Waals surface area contributed by atoms with Gasteiger partial charge in [-0.2, -0.15) is 0 Å². The Labute approximate surface area is 153 Å². The number of amides is 2. The molecule has 6 nitrogen and oxygen atoms in total. The van der Waals surface area contributed by atoms with Crippen LogP contribution in [-0.2, 0) is 16.0 Å². The van der Waals surface area contributed by atoms with Gasteiger partial charge in [0, 0.05) is 29.1 Å². The highest BCUT2D eigenvalue weighted by Gasteiger charge is 2.27. The van der Waals surface area contributed by atoms with Crippen molar-refractivity contribution < 1.29 is 9.59 Å². The molecule has 1 aliphatic carbocycles. The Morgan fingerprint density at radius 1 is 1.20 bits per heavy atom. The van der Waals surface area contributed by atoms with Crippen molar-refractivity contribution >= 4 is 35.1 Å². The number of nitrogens with two attached hydrogens (primary N) is 2. The third-order valence-corrected chi connectivity index (χ3v) is 4.93. The number of hydrogen-bond donors (Lipinski definition) is 4. The summed E-state index contributed by atoms with van der Waals surface area (Å²) in [5.41, 5.74) is 13.5. The summed E-state index contributed by atoms with van der Waals surface area (Å²) in [4.78, 5) is 26.7. The first-order valence-electron chi connectivity index (χ1n) is 8.45. The fraction of sp³-hybridized carbons (Fsp3) is 0.444. The standard InChI is InChI=1S/C18H24N4O2.ClH/c19-15(9-12-10-21-16-4-2-1-3-14(12)16)18(24)22-13-7-5-11(6-8-13)17(20)23;/h1-4,10-11,13,15,21H,5-9,19H2,(H2,20,23)(H,22,24);1H/t11?,13?,15-;/m0./s1. The van der Waals surface area contributed by atoms with Crippen LogP contribution in [0.1, 0.15) is 31.2 Å². The van der Waals surface area contributed by atoms with Gasteiger partial charge in [-0.1, -0.05) is 18.2 Å². The van der Waals surface area contributed by atoms with Crippen molar-refractivity contribution in [3.05, 3.63) is 36.0 Å². The van der Waals surface area contributed by atoms with Gasteiger partial charge in [0.1, 0.15) is 0 Å². The van der Waals surface area contributed by atoms with Crippen LogP contribution in [0.4, 0.5) is 0 Å². The summed E-state index contributed by atoms with van der Waals surface area (Å²) in [5, 5.41) is 4.11. The lowest BCUT2D eigenvalue weighted by Crippen LogP contribution is -2.47. The molecule has 0 spiro atoms. The first-order chi connectivity index (χ1) is 11.5. The SMILES string of the molecule is Cl.NC(=O)C1CCC(NC(=O)[C@@H](N)Cc2c[nH]c3ccccc23)CC1. The van der Waals surface area contributed by atoms with Gasteiger partial charge in [-0.15, -0.1) is 12.4 Å². The lowest BCUT2D eigenvalue weighted by molar-refractivity contribution is -0.123. The van der Waals surface area contributed by atoms with E-state index in [1.54, 1.807) is 0 Å². The molecule has 2 amide bonds. The highest BCUT2D eigenvalue weighted by Crippen LogP contribution is 2.24. The van der Waals surface area contributed by atoms with E-state index in [0.29, 0.717) is 6.42 Å². The second kappa shape index (κ2) is 8.36. The summed E-state index contributed by atoms with van der Waals surface area (Å²) in [5.74, 6) is -0.434. The average molecular weight is 365 g/mol. The van der Waals surface area contributed by atoms with Crippen LogP contribution in [0.15, 0.2) is 30.5 Å². The number of carbonyl (C=O) groups excluding carboxylic acids is 2. The van der Waals surface area contributed by atoms with E-state index in [2.05, 4.69) is 10.3 Å². The van der Waals surface area contributed by atoms with Crippen molar-refractivity contribution in [1.82, 2.24) is 10.3 Å². The minimum Gasteiger partial charge on any atom is -0.369 e. The van der Waals surface area contributed by atoms with Gasteiger partial charge in [-0.05, 0) is 43.7 Å². The maximum absolute atomic E-state index is 12.4. The lowest BCUT2D eigenvalue weighted by Gasteiger charge is -2.28. The zero-order chi connectivity index (χ0) is 17.1. The number of para-hydroxylation sites is 1. The number of aromatic amines is 1. The Morgan fingerprint density at radius 2 is 1.88 bits per heavy atom. The number of benzene rings is 1. The molecule has 1 aromatic carbocycles. The number of halogens is 1. The summed E-state index contributed by atoms with van der Waals surface area (Å²) in [6.07, 6.45) is 5.43. The summed E-state index contributed by atoms with van der Waals surface area (Å²) in [7, 11) is 0. The number of nitrogens with one attached hydrogen (secondary N) is 2. The van der Waals surface area contributed by atoms with Crippen molar-refractivity contribution in [2.24, 2.45) is 17.4 Å². The normalized spacial score (nSPS) is 21.3. The molecule has 1 atom stereocenters. The topological polar surface area (TPSA) is 114 Å². The molecule has 25 heavy (non-hydrogen) atoms. The van der Waals surface area contributed by atoms with E-state index >= 15 is 0 Å². The number of primary amides is 1. The number of fused-ring (bicyclic) bond motifs is 1. The van der Waals surface area contributed by atoms with Crippen molar-refractivity contribution in [3.63, 3.8) is 0 Å². The van der Waals surface area contributed by atoms with Crippen LogP contribution in [0.5, 0.6) is 0 Å². The molecule has 1 aliphatic rings. The third-order valence-electron chi connectivity index (χ3n) is 4.93. The predicted octanol–water partition coefficient (Wildman–Crippen LogP) is 1.62. The maximum atomic E-state index is 12.4. The zero-order valence-electron chi connectivity index (χ0n) is 14.0. The smallest absolute Gasteiger partial charge is 0.237 e. The molecule has 0 bridgehead atoms. The largest absolute Gasteiger partial charge is 0.369 e. The van der Waals surface area contributed by atoms with Crippen molar-refractivity contribution in [2.75, 3.05) is 0 Å². The highest BCUT2D eigenvalue weighted by atomic mass is 35.5. The fourth-order valence-electron chi connectivity index (χ4n) is 3.46.